The number of carbonyl (C=O) groups is 1. The Morgan fingerprint density at radius 3 is 2.57 bits per heavy atom. The lowest BCUT2D eigenvalue weighted by molar-refractivity contribution is -0.126. The van der Waals surface area contributed by atoms with Crippen LogP contribution in [0.4, 0.5) is 5.82 Å². The van der Waals surface area contributed by atoms with E-state index in [0.29, 0.717) is 30.1 Å². The van der Waals surface area contributed by atoms with Crippen molar-refractivity contribution >= 4 is 22.9 Å². The van der Waals surface area contributed by atoms with Crippen LogP contribution in [0.2, 0.25) is 0 Å². The van der Waals surface area contributed by atoms with E-state index in [9.17, 15) is 9.59 Å². The van der Waals surface area contributed by atoms with Crippen LogP contribution in [0.1, 0.15) is 62.5 Å². The van der Waals surface area contributed by atoms with Gasteiger partial charge in [0, 0.05) is 25.3 Å². The van der Waals surface area contributed by atoms with E-state index in [-0.39, 0.29) is 23.4 Å². The number of benzene rings is 1. The average molecular weight is 474 g/mol. The van der Waals surface area contributed by atoms with Crippen LogP contribution >= 0.6 is 0 Å². The summed E-state index contributed by atoms with van der Waals surface area (Å²) >= 11 is 0. The minimum absolute atomic E-state index is 0.122. The van der Waals surface area contributed by atoms with Crippen molar-refractivity contribution in [1.29, 1.82) is 0 Å². The van der Waals surface area contributed by atoms with Crippen molar-refractivity contribution in [2.24, 2.45) is 5.92 Å². The number of carbonyl (C=O) groups excluding carboxylic acids is 1. The first kappa shape index (κ1) is 23.5. The van der Waals surface area contributed by atoms with Crippen LogP contribution in [0.5, 0.6) is 0 Å². The molecule has 1 aromatic carbocycles. The zero-order chi connectivity index (χ0) is 24.2. The van der Waals surface area contributed by atoms with Gasteiger partial charge in [-0.2, -0.15) is 0 Å². The van der Waals surface area contributed by atoms with Crippen molar-refractivity contribution in [2.75, 3.05) is 18.0 Å². The molecule has 1 saturated heterocycles. The third-order valence-electron chi connectivity index (χ3n) is 7.44. The summed E-state index contributed by atoms with van der Waals surface area (Å²) in [5, 5.41) is 3.31. The summed E-state index contributed by atoms with van der Waals surface area (Å²) in [5.41, 5.74) is 3.35. The third-order valence-corrected chi connectivity index (χ3v) is 7.44. The first-order valence-electron chi connectivity index (χ1n) is 13.0. The van der Waals surface area contributed by atoms with E-state index in [0.717, 1.165) is 37.8 Å². The SMILES string of the molecule is Cc1ccc(Cn2c(=O)c(N3CCC[C@@H](C(=O)NC4CCCCCC4)C3)nc3cccnc32)cc1. The quantitative estimate of drug-likeness (QED) is 0.562. The van der Waals surface area contributed by atoms with Crippen LogP contribution in [0.15, 0.2) is 47.4 Å². The van der Waals surface area contributed by atoms with Crippen molar-refractivity contribution in [3.63, 3.8) is 0 Å². The fourth-order valence-electron chi connectivity index (χ4n) is 5.42. The average Bonchev–Trinajstić information content (AvgIpc) is 3.15. The minimum Gasteiger partial charge on any atom is -0.353 e. The van der Waals surface area contributed by atoms with Gasteiger partial charge in [0.15, 0.2) is 11.5 Å². The molecule has 184 valence electrons. The highest BCUT2D eigenvalue weighted by molar-refractivity contribution is 5.80. The van der Waals surface area contributed by atoms with Gasteiger partial charge in [0.05, 0.1) is 12.5 Å². The fourth-order valence-corrected chi connectivity index (χ4v) is 5.42. The molecule has 35 heavy (non-hydrogen) atoms. The van der Waals surface area contributed by atoms with E-state index in [2.05, 4.69) is 29.4 Å². The zero-order valence-electron chi connectivity index (χ0n) is 20.6. The Balaban J connectivity index is 1.40. The van der Waals surface area contributed by atoms with E-state index in [4.69, 9.17) is 4.98 Å². The molecule has 3 heterocycles. The van der Waals surface area contributed by atoms with Crippen LogP contribution in [0.3, 0.4) is 0 Å². The van der Waals surface area contributed by atoms with Gasteiger partial charge >= 0.3 is 0 Å². The predicted octanol–water partition coefficient (Wildman–Crippen LogP) is 4.20. The number of nitrogens with one attached hydrogen (secondary N) is 1. The van der Waals surface area contributed by atoms with Crippen LogP contribution in [0, 0.1) is 12.8 Å². The van der Waals surface area contributed by atoms with Gasteiger partial charge in [-0.1, -0.05) is 55.5 Å². The van der Waals surface area contributed by atoms with Crippen molar-refractivity contribution in [3.8, 4) is 0 Å². The summed E-state index contributed by atoms with van der Waals surface area (Å²) < 4.78 is 1.72. The highest BCUT2D eigenvalue weighted by Gasteiger charge is 2.30. The molecule has 2 aliphatic rings. The molecule has 0 spiro atoms. The topological polar surface area (TPSA) is 80.1 Å². The number of aryl methyl sites for hydroxylation is 1. The summed E-state index contributed by atoms with van der Waals surface area (Å²) in [6.45, 7) is 3.74. The van der Waals surface area contributed by atoms with Gasteiger partial charge in [-0.25, -0.2) is 9.97 Å². The second kappa shape index (κ2) is 10.6. The van der Waals surface area contributed by atoms with Crippen molar-refractivity contribution in [2.45, 2.75) is 70.9 Å². The highest BCUT2D eigenvalue weighted by atomic mass is 16.2. The normalized spacial score (nSPS) is 19.5. The lowest BCUT2D eigenvalue weighted by Gasteiger charge is -2.33. The molecular formula is C28H35N5O2. The molecule has 1 atom stereocenters. The van der Waals surface area contributed by atoms with Crippen LogP contribution in [-0.4, -0.2) is 39.6 Å². The molecule has 2 aromatic heterocycles. The van der Waals surface area contributed by atoms with Gasteiger partial charge in [0.25, 0.3) is 5.56 Å². The highest BCUT2D eigenvalue weighted by Crippen LogP contribution is 2.23. The lowest BCUT2D eigenvalue weighted by Crippen LogP contribution is -2.47. The van der Waals surface area contributed by atoms with Crippen molar-refractivity contribution < 1.29 is 4.79 Å². The van der Waals surface area contributed by atoms with Crippen molar-refractivity contribution in [3.05, 3.63) is 64.1 Å². The maximum atomic E-state index is 13.7. The number of hydrogen-bond donors (Lipinski definition) is 1. The van der Waals surface area contributed by atoms with Gasteiger partial charge in [0.2, 0.25) is 5.91 Å². The number of piperidine rings is 1. The Kier molecular flexibility index (Phi) is 7.11. The van der Waals surface area contributed by atoms with Crippen LogP contribution in [0.25, 0.3) is 11.2 Å². The summed E-state index contributed by atoms with van der Waals surface area (Å²) in [4.78, 5) is 38.1. The van der Waals surface area contributed by atoms with Gasteiger partial charge in [-0.3, -0.25) is 14.2 Å². The monoisotopic (exact) mass is 473 g/mol. The molecule has 0 bridgehead atoms. The van der Waals surface area contributed by atoms with Gasteiger partial charge in [-0.05, 0) is 50.3 Å². The Hall–Kier alpha value is -3.22. The van der Waals surface area contributed by atoms with E-state index in [1.807, 2.05) is 29.2 Å². The van der Waals surface area contributed by atoms with Crippen molar-refractivity contribution in [1.82, 2.24) is 19.9 Å². The molecule has 1 saturated carbocycles. The number of fused-ring (bicyclic) bond motifs is 1. The van der Waals surface area contributed by atoms with E-state index in [1.165, 1.54) is 31.2 Å². The largest absolute Gasteiger partial charge is 0.353 e. The molecule has 0 unspecified atom stereocenters. The first-order valence-corrected chi connectivity index (χ1v) is 13.0. The van der Waals surface area contributed by atoms with E-state index >= 15 is 0 Å². The number of nitrogens with zero attached hydrogens (tertiary/aromatic N) is 4. The van der Waals surface area contributed by atoms with E-state index in [1.54, 1.807) is 10.8 Å². The van der Waals surface area contributed by atoms with Gasteiger partial charge in [-0.15, -0.1) is 0 Å². The smallest absolute Gasteiger partial charge is 0.295 e. The van der Waals surface area contributed by atoms with Gasteiger partial charge < -0.3 is 10.2 Å². The Labute approximate surface area is 206 Å². The third kappa shape index (κ3) is 5.39. The molecule has 2 fully saturated rings. The number of amides is 1. The molecule has 5 rings (SSSR count). The zero-order valence-corrected chi connectivity index (χ0v) is 20.6. The fraction of sp³-hybridized carbons (Fsp3) is 0.500. The molecule has 3 aromatic rings. The Bertz CT molecular complexity index is 1230. The van der Waals surface area contributed by atoms with E-state index < -0.39 is 0 Å². The van der Waals surface area contributed by atoms with Crippen LogP contribution in [-0.2, 0) is 11.3 Å². The summed E-state index contributed by atoms with van der Waals surface area (Å²) in [6.07, 6.45) is 10.5. The molecule has 1 amide bonds. The number of pyridine rings is 1. The molecule has 1 N–H and O–H groups in total. The molecule has 7 nitrogen and oxygen atoms in total. The Morgan fingerprint density at radius 2 is 1.80 bits per heavy atom. The second-order valence-electron chi connectivity index (χ2n) is 10.1. The summed E-state index contributed by atoms with van der Waals surface area (Å²) in [6, 6.07) is 12.2. The van der Waals surface area contributed by atoms with Gasteiger partial charge in [0.1, 0.15) is 5.52 Å². The maximum Gasteiger partial charge on any atom is 0.295 e. The maximum absolute atomic E-state index is 13.7. The summed E-state index contributed by atoms with van der Waals surface area (Å²) in [5.74, 6) is 0.428. The Morgan fingerprint density at radius 1 is 1.03 bits per heavy atom. The number of anilines is 1. The minimum atomic E-state index is -0.151. The molecule has 0 radical (unpaired) electrons. The number of rotatable bonds is 5. The molecule has 1 aliphatic carbocycles. The molecular weight excluding hydrogens is 438 g/mol. The number of aromatic nitrogens is 3. The predicted molar refractivity (Wildman–Crippen MR) is 139 cm³/mol. The standard InChI is InChI=1S/C28H35N5O2/c1-20-12-14-21(15-13-20)18-33-25-24(11-6-16-29-25)31-26(28(33)35)32-17-7-8-22(19-32)27(34)30-23-9-4-2-3-5-10-23/h6,11-16,22-23H,2-5,7-10,17-19H2,1H3,(H,30,34)/t22-/m1/s1. The second-order valence-corrected chi connectivity index (χ2v) is 10.1. The summed E-state index contributed by atoms with van der Waals surface area (Å²) in [7, 11) is 0. The number of hydrogen-bond acceptors (Lipinski definition) is 5. The van der Waals surface area contributed by atoms with Crippen LogP contribution < -0.4 is 15.8 Å². The lowest BCUT2D eigenvalue weighted by atomic mass is 9.96. The molecule has 1 aliphatic heterocycles. The molecule has 7 heteroatoms. The first-order chi connectivity index (χ1) is 17.1.